The zero-order chi connectivity index (χ0) is 20.5. The minimum absolute atomic E-state index is 0.223. The van der Waals surface area contributed by atoms with Crippen molar-refractivity contribution < 1.29 is 14.3 Å². The maximum absolute atomic E-state index is 11.5. The van der Waals surface area contributed by atoms with Crippen molar-refractivity contribution in [2.75, 3.05) is 68.2 Å². The summed E-state index contributed by atoms with van der Waals surface area (Å²) < 4.78 is 11.2. The Morgan fingerprint density at radius 2 is 1.80 bits per heavy atom. The molecule has 0 unspecified atom stereocenters. The quantitative estimate of drug-likeness (QED) is 0.733. The molecule has 11 nitrogen and oxygen atoms in total. The van der Waals surface area contributed by atoms with E-state index in [2.05, 4.69) is 30.4 Å². The second kappa shape index (κ2) is 8.00. The molecule has 0 saturated carbocycles. The number of ether oxygens (including phenoxy) is 2. The molecule has 2 amide bonds. The number of urea groups is 1. The van der Waals surface area contributed by atoms with E-state index in [0.29, 0.717) is 43.9 Å². The average Bonchev–Trinajstić information content (AvgIpc) is 3.18. The lowest BCUT2D eigenvalue weighted by Gasteiger charge is -2.31. The van der Waals surface area contributed by atoms with Gasteiger partial charge in [-0.1, -0.05) is 0 Å². The summed E-state index contributed by atoms with van der Waals surface area (Å²) in [5, 5.41) is 5.03. The van der Waals surface area contributed by atoms with Gasteiger partial charge in [-0.2, -0.15) is 0 Å². The third-order valence-electron chi connectivity index (χ3n) is 5.58. The van der Waals surface area contributed by atoms with Crippen LogP contribution >= 0.6 is 0 Å². The molecule has 0 radical (unpaired) electrons. The molecular weight excluding hydrogens is 388 g/mol. The van der Waals surface area contributed by atoms with E-state index in [1.807, 2.05) is 0 Å². The Bertz CT molecular complexity index is 932. The second-order valence-corrected chi connectivity index (χ2v) is 7.40. The van der Waals surface area contributed by atoms with E-state index in [-0.39, 0.29) is 12.0 Å². The second-order valence-electron chi connectivity index (χ2n) is 7.40. The number of carbonyl (C=O) groups excluding carboxylic acids is 1. The Morgan fingerprint density at radius 3 is 2.57 bits per heavy atom. The van der Waals surface area contributed by atoms with Crippen LogP contribution in [0.5, 0.6) is 0 Å². The standard InChI is InChI=1S/C19H24N8O3/c1-20-19(28)25-18-21-9-12(10-22-18)15-23-16(26-2-5-29-6-3-26)14-8-13-11-30-7-4-27(13)17(14)24-15/h9-10,13H,2-8,11H2,1H3,(H2,20,21,22,25,28)/t13-/m0/s1. The smallest absolute Gasteiger partial charge is 0.321 e. The molecule has 5 heterocycles. The van der Waals surface area contributed by atoms with Gasteiger partial charge in [-0.3, -0.25) is 5.32 Å². The highest BCUT2D eigenvalue weighted by Crippen LogP contribution is 2.39. The lowest BCUT2D eigenvalue weighted by molar-refractivity contribution is 0.0973. The van der Waals surface area contributed by atoms with Gasteiger partial charge in [0.25, 0.3) is 0 Å². The Balaban J connectivity index is 1.52. The lowest BCUT2D eigenvalue weighted by Crippen LogP contribution is -2.43. The molecule has 3 aliphatic heterocycles. The maximum Gasteiger partial charge on any atom is 0.321 e. The molecule has 0 spiro atoms. The monoisotopic (exact) mass is 412 g/mol. The van der Waals surface area contributed by atoms with Crippen LogP contribution in [0.3, 0.4) is 0 Å². The van der Waals surface area contributed by atoms with E-state index in [4.69, 9.17) is 19.4 Å². The summed E-state index contributed by atoms with van der Waals surface area (Å²) >= 11 is 0. The first kappa shape index (κ1) is 18.9. The Kier molecular flexibility index (Phi) is 5.05. The van der Waals surface area contributed by atoms with Gasteiger partial charge >= 0.3 is 6.03 Å². The topological polar surface area (TPSA) is 118 Å². The summed E-state index contributed by atoms with van der Waals surface area (Å²) in [5.41, 5.74) is 1.88. The minimum Gasteiger partial charge on any atom is -0.378 e. The number of amides is 2. The van der Waals surface area contributed by atoms with Crippen LogP contribution in [-0.2, 0) is 15.9 Å². The van der Waals surface area contributed by atoms with Gasteiger partial charge in [0.2, 0.25) is 5.95 Å². The summed E-state index contributed by atoms with van der Waals surface area (Å²) in [6.07, 6.45) is 4.15. The summed E-state index contributed by atoms with van der Waals surface area (Å²) in [4.78, 5) is 34.3. The molecule has 1 atom stereocenters. The van der Waals surface area contributed by atoms with E-state index in [0.717, 1.165) is 37.7 Å². The number of hydrogen-bond acceptors (Lipinski definition) is 9. The predicted octanol–water partition coefficient (Wildman–Crippen LogP) is 0.283. The molecule has 2 aromatic rings. The number of hydrogen-bond donors (Lipinski definition) is 2. The number of anilines is 3. The summed E-state index contributed by atoms with van der Waals surface area (Å²) in [6.45, 7) is 5.20. The normalized spacial score (nSPS) is 20.5. The van der Waals surface area contributed by atoms with Crippen molar-refractivity contribution in [3.8, 4) is 11.4 Å². The molecule has 0 aliphatic carbocycles. The summed E-state index contributed by atoms with van der Waals surface area (Å²) in [5.74, 6) is 2.73. The highest BCUT2D eigenvalue weighted by molar-refractivity contribution is 5.87. The fourth-order valence-electron chi connectivity index (χ4n) is 4.06. The highest BCUT2D eigenvalue weighted by atomic mass is 16.5. The molecule has 2 N–H and O–H groups in total. The number of morpholine rings is 2. The molecule has 2 aromatic heterocycles. The lowest BCUT2D eigenvalue weighted by atomic mass is 10.1. The van der Waals surface area contributed by atoms with Crippen molar-refractivity contribution in [3.63, 3.8) is 0 Å². The molecular formula is C19H24N8O3. The van der Waals surface area contributed by atoms with Crippen molar-refractivity contribution in [2.45, 2.75) is 12.5 Å². The van der Waals surface area contributed by atoms with Crippen LogP contribution in [0.15, 0.2) is 12.4 Å². The fraction of sp³-hybridized carbons (Fsp3) is 0.526. The zero-order valence-corrected chi connectivity index (χ0v) is 16.8. The largest absolute Gasteiger partial charge is 0.378 e. The highest BCUT2D eigenvalue weighted by Gasteiger charge is 2.37. The van der Waals surface area contributed by atoms with Crippen molar-refractivity contribution in [1.29, 1.82) is 0 Å². The third kappa shape index (κ3) is 3.50. The molecule has 0 aromatic carbocycles. The number of fused-ring (bicyclic) bond motifs is 3. The zero-order valence-electron chi connectivity index (χ0n) is 16.8. The van der Waals surface area contributed by atoms with Crippen LogP contribution in [-0.4, -0.2) is 85.1 Å². The molecule has 5 rings (SSSR count). The van der Waals surface area contributed by atoms with Gasteiger partial charge in [-0.05, 0) is 0 Å². The van der Waals surface area contributed by atoms with Crippen LogP contribution in [0.1, 0.15) is 5.56 Å². The first-order chi connectivity index (χ1) is 14.7. The molecule has 158 valence electrons. The Labute approximate surface area is 173 Å². The van der Waals surface area contributed by atoms with Crippen LogP contribution in [0.2, 0.25) is 0 Å². The van der Waals surface area contributed by atoms with Gasteiger partial charge in [-0.25, -0.2) is 24.7 Å². The summed E-state index contributed by atoms with van der Waals surface area (Å²) in [6, 6.07) is -0.0713. The average molecular weight is 412 g/mol. The van der Waals surface area contributed by atoms with Crippen molar-refractivity contribution >= 4 is 23.6 Å². The first-order valence-corrected chi connectivity index (χ1v) is 10.1. The van der Waals surface area contributed by atoms with Gasteiger partial charge in [-0.15, -0.1) is 0 Å². The van der Waals surface area contributed by atoms with Gasteiger partial charge in [0.1, 0.15) is 11.6 Å². The van der Waals surface area contributed by atoms with Crippen molar-refractivity contribution in [3.05, 3.63) is 18.0 Å². The van der Waals surface area contributed by atoms with Crippen LogP contribution < -0.4 is 20.4 Å². The van der Waals surface area contributed by atoms with Crippen LogP contribution in [0, 0.1) is 0 Å². The number of carbonyl (C=O) groups is 1. The molecule has 0 bridgehead atoms. The van der Waals surface area contributed by atoms with E-state index in [1.54, 1.807) is 12.4 Å². The molecule has 2 saturated heterocycles. The minimum atomic E-state index is -0.371. The maximum atomic E-state index is 11.5. The Morgan fingerprint density at radius 1 is 1.07 bits per heavy atom. The molecule has 3 aliphatic rings. The van der Waals surface area contributed by atoms with E-state index in [1.165, 1.54) is 12.6 Å². The molecule has 30 heavy (non-hydrogen) atoms. The van der Waals surface area contributed by atoms with Gasteiger partial charge in [0.15, 0.2) is 5.82 Å². The van der Waals surface area contributed by atoms with Gasteiger partial charge < -0.3 is 24.6 Å². The first-order valence-electron chi connectivity index (χ1n) is 10.1. The van der Waals surface area contributed by atoms with Gasteiger partial charge in [0.05, 0.1) is 38.0 Å². The number of nitrogens with one attached hydrogen (secondary N) is 2. The SMILES string of the molecule is CNC(=O)Nc1ncc(-c2nc(N3CCOCC3)c3c(n2)N2CCOC[C@@H]2C3)cn1. The number of aromatic nitrogens is 4. The predicted molar refractivity (Wildman–Crippen MR) is 110 cm³/mol. The van der Waals surface area contributed by atoms with Crippen molar-refractivity contribution in [1.82, 2.24) is 25.3 Å². The van der Waals surface area contributed by atoms with Crippen molar-refractivity contribution in [2.24, 2.45) is 0 Å². The van der Waals surface area contributed by atoms with E-state index >= 15 is 0 Å². The molecule has 11 heteroatoms. The summed E-state index contributed by atoms with van der Waals surface area (Å²) in [7, 11) is 1.54. The van der Waals surface area contributed by atoms with Crippen LogP contribution in [0.25, 0.3) is 11.4 Å². The molecule has 2 fully saturated rings. The van der Waals surface area contributed by atoms with Gasteiger partial charge in [0, 0.05) is 51.1 Å². The number of rotatable bonds is 3. The van der Waals surface area contributed by atoms with Crippen LogP contribution in [0.4, 0.5) is 22.4 Å². The van der Waals surface area contributed by atoms with E-state index < -0.39 is 0 Å². The third-order valence-corrected chi connectivity index (χ3v) is 5.58. The number of nitrogens with zero attached hydrogens (tertiary/aromatic N) is 6. The Hall–Kier alpha value is -3.05. The van der Waals surface area contributed by atoms with E-state index in [9.17, 15) is 4.79 Å². The fourth-order valence-corrected chi connectivity index (χ4v) is 4.06.